The van der Waals surface area contributed by atoms with E-state index in [9.17, 15) is 5.11 Å². The van der Waals surface area contributed by atoms with Crippen molar-refractivity contribution in [3.05, 3.63) is 0 Å². The van der Waals surface area contributed by atoms with E-state index in [1.54, 1.807) is 0 Å². The Hall–Kier alpha value is -0.160. The summed E-state index contributed by atoms with van der Waals surface area (Å²) in [6, 6.07) is -0.252. The van der Waals surface area contributed by atoms with Gasteiger partial charge in [0.25, 0.3) is 0 Å². The largest absolute Gasteiger partial charge is 0.389 e. The molecule has 1 aliphatic rings. The molecule has 0 unspecified atom stereocenters. The Labute approximate surface area is 98.1 Å². The van der Waals surface area contributed by atoms with Crippen molar-refractivity contribution in [2.75, 3.05) is 19.8 Å². The van der Waals surface area contributed by atoms with Crippen LogP contribution in [0.5, 0.6) is 0 Å². The SMILES string of the molecule is CCCCCCCOC[C@@H]1OC[C@H](N)[C@H]1O. The molecule has 1 fully saturated rings. The highest BCUT2D eigenvalue weighted by Gasteiger charge is 2.33. The molecule has 0 radical (unpaired) electrons. The summed E-state index contributed by atoms with van der Waals surface area (Å²) in [4.78, 5) is 0. The zero-order chi connectivity index (χ0) is 11.8. The molecule has 0 amide bonds. The predicted octanol–water partition coefficient (Wildman–Crippen LogP) is 1.06. The molecule has 4 heteroatoms. The van der Waals surface area contributed by atoms with Gasteiger partial charge in [0.1, 0.15) is 6.10 Å². The Bertz CT molecular complexity index is 178. The lowest BCUT2D eigenvalue weighted by Crippen LogP contribution is -2.38. The first-order chi connectivity index (χ1) is 7.75. The average Bonchev–Trinajstić information content (AvgIpc) is 2.59. The Morgan fingerprint density at radius 3 is 2.69 bits per heavy atom. The Morgan fingerprint density at radius 2 is 2.06 bits per heavy atom. The highest BCUT2D eigenvalue weighted by Crippen LogP contribution is 2.13. The van der Waals surface area contributed by atoms with Crippen molar-refractivity contribution in [2.45, 2.75) is 57.3 Å². The quantitative estimate of drug-likeness (QED) is 0.613. The monoisotopic (exact) mass is 231 g/mol. The second-order valence-electron chi connectivity index (χ2n) is 4.52. The van der Waals surface area contributed by atoms with Crippen LogP contribution in [0.4, 0.5) is 0 Å². The third-order valence-corrected chi connectivity index (χ3v) is 3.00. The maximum absolute atomic E-state index is 9.60. The standard InChI is InChI=1S/C12H25NO3/c1-2-3-4-5-6-7-15-9-11-12(14)10(13)8-16-11/h10-12,14H,2-9,13H2,1H3/t10-,11-,12+/m0/s1. The molecule has 0 aromatic rings. The number of rotatable bonds is 8. The minimum Gasteiger partial charge on any atom is -0.389 e. The Balaban J connectivity index is 1.91. The van der Waals surface area contributed by atoms with Crippen LogP contribution in [0, 0.1) is 0 Å². The van der Waals surface area contributed by atoms with Gasteiger partial charge in [-0.3, -0.25) is 0 Å². The molecule has 96 valence electrons. The second-order valence-corrected chi connectivity index (χ2v) is 4.52. The Kier molecular flexibility index (Phi) is 6.96. The van der Waals surface area contributed by atoms with Gasteiger partial charge in [-0.2, -0.15) is 0 Å². The molecule has 0 aromatic heterocycles. The van der Waals surface area contributed by atoms with Gasteiger partial charge < -0.3 is 20.3 Å². The molecule has 0 saturated carbocycles. The molecule has 4 nitrogen and oxygen atoms in total. The van der Waals surface area contributed by atoms with Crippen molar-refractivity contribution in [1.82, 2.24) is 0 Å². The summed E-state index contributed by atoms with van der Waals surface area (Å²) in [5.41, 5.74) is 5.62. The lowest BCUT2D eigenvalue weighted by atomic mass is 10.1. The molecule has 0 aliphatic carbocycles. The molecule has 1 heterocycles. The summed E-state index contributed by atoms with van der Waals surface area (Å²) < 4.78 is 10.8. The highest BCUT2D eigenvalue weighted by molar-refractivity contribution is 4.85. The van der Waals surface area contributed by atoms with E-state index in [4.69, 9.17) is 15.2 Å². The number of aliphatic hydroxyl groups is 1. The molecule has 1 rings (SSSR count). The van der Waals surface area contributed by atoms with Crippen LogP contribution in [0.15, 0.2) is 0 Å². The second kappa shape index (κ2) is 8.01. The third kappa shape index (κ3) is 4.78. The average molecular weight is 231 g/mol. The van der Waals surface area contributed by atoms with Crippen LogP contribution in [0.3, 0.4) is 0 Å². The number of hydrogen-bond donors (Lipinski definition) is 2. The maximum Gasteiger partial charge on any atom is 0.108 e. The summed E-state index contributed by atoms with van der Waals surface area (Å²) in [5, 5.41) is 9.60. The van der Waals surface area contributed by atoms with Crippen molar-refractivity contribution < 1.29 is 14.6 Å². The fourth-order valence-corrected chi connectivity index (χ4v) is 1.86. The van der Waals surface area contributed by atoms with Crippen molar-refractivity contribution in [3.8, 4) is 0 Å². The van der Waals surface area contributed by atoms with Crippen molar-refractivity contribution in [1.29, 1.82) is 0 Å². The molecule has 3 N–H and O–H groups in total. The van der Waals surface area contributed by atoms with Crippen LogP contribution in [-0.2, 0) is 9.47 Å². The van der Waals surface area contributed by atoms with Crippen LogP contribution in [0.2, 0.25) is 0 Å². The molecule has 16 heavy (non-hydrogen) atoms. The normalized spacial score (nSPS) is 29.8. The van der Waals surface area contributed by atoms with Gasteiger partial charge in [0.2, 0.25) is 0 Å². The van der Waals surface area contributed by atoms with Gasteiger partial charge in [-0.05, 0) is 6.42 Å². The fourth-order valence-electron chi connectivity index (χ4n) is 1.86. The molecule has 0 aromatic carbocycles. The summed E-state index contributed by atoms with van der Waals surface area (Å²) in [6.07, 6.45) is 5.37. The summed E-state index contributed by atoms with van der Waals surface area (Å²) in [7, 11) is 0. The van der Waals surface area contributed by atoms with E-state index in [1.165, 1.54) is 25.7 Å². The van der Waals surface area contributed by atoms with Gasteiger partial charge in [-0.25, -0.2) is 0 Å². The molecule has 0 spiro atoms. The van der Waals surface area contributed by atoms with Crippen LogP contribution in [0.25, 0.3) is 0 Å². The van der Waals surface area contributed by atoms with Crippen LogP contribution in [-0.4, -0.2) is 43.2 Å². The summed E-state index contributed by atoms with van der Waals surface area (Å²) in [6.45, 7) is 3.86. The molecular formula is C12H25NO3. The summed E-state index contributed by atoms with van der Waals surface area (Å²) in [5.74, 6) is 0. The number of nitrogens with two attached hydrogens (primary N) is 1. The van der Waals surface area contributed by atoms with Crippen molar-refractivity contribution >= 4 is 0 Å². The smallest absolute Gasteiger partial charge is 0.108 e. The van der Waals surface area contributed by atoms with Gasteiger partial charge in [0, 0.05) is 6.61 Å². The van der Waals surface area contributed by atoms with E-state index < -0.39 is 6.10 Å². The number of ether oxygens (including phenoxy) is 2. The zero-order valence-electron chi connectivity index (χ0n) is 10.2. The van der Waals surface area contributed by atoms with Crippen LogP contribution in [0.1, 0.15) is 39.0 Å². The van der Waals surface area contributed by atoms with Gasteiger partial charge >= 0.3 is 0 Å². The van der Waals surface area contributed by atoms with Crippen LogP contribution < -0.4 is 5.73 Å². The lowest BCUT2D eigenvalue weighted by molar-refractivity contribution is -0.0251. The van der Waals surface area contributed by atoms with Crippen molar-refractivity contribution in [2.24, 2.45) is 5.73 Å². The number of aliphatic hydroxyl groups excluding tert-OH is 1. The highest BCUT2D eigenvalue weighted by atomic mass is 16.5. The number of hydrogen-bond acceptors (Lipinski definition) is 4. The molecular weight excluding hydrogens is 206 g/mol. The first kappa shape index (κ1) is 13.9. The van der Waals surface area contributed by atoms with Gasteiger partial charge in [-0.15, -0.1) is 0 Å². The molecule has 1 aliphatic heterocycles. The lowest BCUT2D eigenvalue weighted by Gasteiger charge is -2.15. The molecule has 1 saturated heterocycles. The Morgan fingerprint density at radius 1 is 1.31 bits per heavy atom. The van der Waals surface area contributed by atoms with Gasteiger partial charge in [0.05, 0.1) is 25.4 Å². The molecule has 3 atom stereocenters. The van der Waals surface area contributed by atoms with E-state index in [0.29, 0.717) is 13.2 Å². The predicted molar refractivity (Wildman–Crippen MR) is 63.3 cm³/mol. The van der Waals surface area contributed by atoms with Crippen molar-refractivity contribution in [3.63, 3.8) is 0 Å². The maximum atomic E-state index is 9.60. The first-order valence-electron chi connectivity index (χ1n) is 6.38. The number of unbranched alkanes of at least 4 members (excludes halogenated alkanes) is 4. The fraction of sp³-hybridized carbons (Fsp3) is 1.00. The van der Waals surface area contributed by atoms with E-state index in [1.807, 2.05) is 0 Å². The topological polar surface area (TPSA) is 64.7 Å². The minimum absolute atomic E-state index is 0.231. The summed E-state index contributed by atoms with van der Waals surface area (Å²) >= 11 is 0. The van der Waals surface area contributed by atoms with Crippen LogP contribution >= 0.6 is 0 Å². The first-order valence-corrected chi connectivity index (χ1v) is 6.38. The minimum atomic E-state index is -0.569. The van der Waals surface area contributed by atoms with Gasteiger partial charge in [-0.1, -0.05) is 32.6 Å². The van der Waals surface area contributed by atoms with E-state index in [-0.39, 0.29) is 12.1 Å². The van der Waals surface area contributed by atoms with E-state index in [2.05, 4.69) is 6.92 Å². The zero-order valence-corrected chi connectivity index (χ0v) is 10.2. The van der Waals surface area contributed by atoms with Gasteiger partial charge in [0.15, 0.2) is 0 Å². The molecule has 0 bridgehead atoms. The third-order valence-electron chi connectivity index (χ3n) is 3.00. The van der Waals surface area contributed by atoms with E-state index >= 15 is 0 Å². The van der Waals surface area contributed by atoms with E-state index in [0.717, 1.165) is 13.0 Å².